The molecule has 0 radical (unpaired) electrons. The molecule has 5 heteroatoms. The SMILES string of the molecule is CC(C)(C)c1ccc(N2c3cc4ccccc4cc3B3c4cc5ccccc5cc4N(c4ccc(C(C)(C)C)cc4)c4cc(-c5cc(-c6cc(-c7ccccc7)cc(-c7ccccc7)c6)nc(-c6cc(-c7ccccc7)cc(-c7ccccc7)c6)n5)cc2c43)cc1. The summed E-state index contributed by atoms with van der Waals surface area (Å²) in [6.07, 6.45) is 0. The minimum atomic E-state index is -0.126. The van der Waals surface area contributed by atoms with Crippen LogP contribution in [-0.2, 0) is 10.8 Å². The van der Waals surface area contributed by atoms with Crippen LogP contribution < -0.4 is 26.2 Å². The Morgan fingerprint density at radius 1 is 0.264 bits per heavy atom. The highest BCUT2D eigenvalue weighted by atomic mass is 15.2. The molecule has 0 bridgehead atoms. The van der Waals surface area contributed by atoms with Gasteiger partial charge < -0.3 is 9.80 Å². The third-order valence-corrected chi connectivity index (χ3v) is 18.7. The van der Waals surface area contributed by atoms with Crippen molar-refractivity contribution in [2.24, 2.45) is 0 Å². The van der Waals surface area contributed by atoms with Gasteiger partial charge in [0.15, 0.2) is 5.82 Å². The molecular formula is C86H67BN4. The van der Waals surface area contributed by atoms with E-state index in [0.29, 0.717) is 5.82 Å². The third kappa shape index (κ3) is 10.2. The first-order chi connectivity index (χ1) is 44.3. The molecule has 434 valence electrons. The lowest BCUT2D eigenvalue weighted by Gasteiger charge is -2.44. The maximum atomic E-state index is 5.89. The standard InChI is InChI=1S/C86H67BN4/c1-85(2,3)71-35-39-73(40-36-71)90-79-51-62-33-21-19-31-60(62)49-75(79)87-76-50-61-32-20-22-34-63(61)52-80(76)91(74-41-37-72(38-42-74)86(4,5)6)82-54-69(53-81(90)83(82)87)78-55-77(68-45-64(56-23-11-7-12-24-56)43-65(46-68)57-25-13-8-14-26-57)88-84(89-78)70-47-66(58-27-15-9-16-28-58)44-67(48-70)59-29-17-10-18-30-59/h7-55H,1-6H3. The number of aromatic nitrogens is 2. The molecule has 2 aliphatic rings. The Hall–Kier alpha value is -10.9. The van der Waals surface area contributed by atoms with Crippen molar-refractivity contribution in [2.75, 3.05) is 9.80 Å². The monoisotopic (exact) mass is 1170 g/mol. The fourth-order valence-electron chi connectivity index (χ4n) is 13.9. The summed E-state index contributed by atoms with van der Waals surface area (Å²) in [5, 5.41) is 4.82. The molecule has 0 unspecified atom stereocenters. The van der Waals surface area contributed by atoms with Crippen LogP contribution in [0.5, 0.6) is 0 Å². The Kier molecular flexibility index (Phi) is 13.4. The Bertz CT molecular complexity index is 4680. The lowest BCUT2D eigenvalue weighted by Crippen LogP contribution is -2.61. The van der Waals surface area contributed by atoms with Gasteiger partial charge in [-0.25, -0.2) is 9.97 Å². The van der Waals surface area contributed by atoms with Crippen LogP contribution in [0.25, 0.3) is 100.0 Å². The van der Waals surface area contributed by atoms with Crippen LogP contribution in [0.15, 0.2) is 297 Å². The second-order valence-electron chi connectivity index (χ2n) is 26.7. The molecular weight excluding hydrogens is 1100 g/mol. The van der Waals surface area contributed by atoms with Gasteiger partial charge in [-0.15, -0.1) is 0 Å². The van der Waals surface area contributed by atoms with Crippen molar-refractivity contribution in [1.82, 2.24) is 9.97 Å². The lowest BCUT2D eigenvalue weighted by atomic mass is 9.33. The molecule has 0 N–H and O–H groups in total. The van der Waals surface area contributed by atoms with E-state index in [1.54, 1.807) is 0 Å². The quantitative estimate of drug-likeness (QED) is 0.135. The van der Waals surface area contributed by atoms with Crippen molar-refractivity contribution >= 4 is 78.8 Å². The number of anilines is 6. The fourth-order valence-corrected chi connectivity index (χ4v) is 13.9. The molecule has 0 aliphatic carbocycles. The van der Waals surface area contributed by atoms with Gasteiger partial charge in [0.2, 0.25) is 0 Å². The third-order valence-electron chi connectivity index (χ3n) is 18.7. The van der Waals surface area contributed by atoms with Gasteiger partial charge in [0, 0.05) is 50.8 Å². The molecule has 1 aromatic heterocycles. The first-order valence-electron chi connectivity index (χ1n) is 31.8. The van der Waals surface area contributed by atoms with Crippen molar-refractivity contribution in [3.05, 3.63) is 308 Å². The second-order valence-corrected chi connectivity index (χ2v) is 26.7. The molecule has 0 atom stereocenters. The summed E-state index contributed by atoms with van der Waals surface area (Å²) in [4.78, 5) is 16.7. The van der Waals surface area contributed by atoms with E-state index in [1.807, 2.05) is 0 Å². The van der Waals surface area contributed by atoms with Gasteiger partial charge in [-0.2, -0.15) is 0 Å². The van der Waals surface area contributed by atoms with Crippen LogP contribution in [0.2, 0.25) is 0 Å². The Balaban J connectivity index is 1.02. The van der Waals surface area contributed by atoms with E-state index in [1.165, 1.54) is 49.1 Å². The number of fused-ring (bicyclic) bond motifs is 6. The Morgan fingerprint density at radius 3 is 0.923 bits per heavy atom. The fraction of sp³-hybridized carbons (Fsp3) is 0.0930. The first-order valence-corrected chi connectivity index (χ1v) is 31.8. The average Bonchev–Trinajstić information content (AvgIpc) is 0.696. The normalized spacial score (nSPS) is 12.7. The average molecular weight is 1170 g/mol. The van der Waals surface area contributed by atoms with E-state index in [9.17, 15) is 0 Å². The predicted molar refractivity (Wildman–Crippen MR) is 387 cm³/mol. The topological polar surface area (TPSA) is 32.3 Å². The Morgan fingerprint density at radius 2 is 0.571 bits per heavy atom. The van der Waals surface area contributed by atoms with Gasteiger partial charge in [0.25, 0.3) is 6.71 Å². The maximum Gasteiger partial charge on any atom is 0.252 e. The largest absolute Gasteiger partial charge is 0.311 e. The maximum absolute atomic E-state index is 5.89. The van der Waals surface area contributed by atoms with Crippen molar-refractivity contribution in [1.29, 1.82) is 0 Å². The van der Waals surface area contributed by atoms with Crippen molar-refractivity contribution in [3.8, 4) is 78.4 Å². The van der Waals surface area contributed by atoms with Crippen LogP contribution in [0.3, 0.4) is 0 Å². The summed E-state index contributed by atoms with van der Waals surface area (Å²) in [6, 6.07) is 110. The minimum absolute atomic E-state index is 0.0401. The van der Waals surface area contributed by atoms with Gasteiger partial charge >= 0.3 is 0 Å². The molecule has 0 saturated carbocycles. The summed E-state index contributed by atoms with van der Waals surface area (Å²) in [6.45, 7) is 13.6. The van der Waals surface area contributed by atoms with E-state index >= 15 is 0 Å². The van der Waals surface area contributed by atoms with Crippen molar-refractivity contribution in [2.45, 2.75) is 52.4 Å². The second kappa shape index (κ2) is 22.0. The van der Waals surface area contributed by atoms with E-state index < -0.39 is 0 Å². The summed E-state index contributed by atoms with van der Waals surface area (Å²) in [5.74, 6) is 0.635. The van der Waals surface area contributed by atoms with Gasteiger partial charge in [0.1, 0.15) is 0 Å². The van der Waals surface area contributed by atoms with E-state index in [2.05, 4.69) is 349 Å². The molecule has 91 heavy (non-hydrogen) atoms. The molecule has 3 heterocycles. The summed E-state index contributed by atoms with van der Waals surface area (Å²) >= 11 is 0. The van der Waals surface area contributed by atoms with Gasteiger partial charge in [-0.3, -0.25) is 0 Å². The summed E-state index contributed by atoms with van der Waals surface area (Å²) in [5.41, 5.74) is 26.4. The van der Waals surface area contributed by atoms with Crippen LogP contribution in [-0.4, -0.2) is 16.7 Å². The number of nitrogens with zero attached hydrogens (tertiary/aromatic N) is 4. The predicted octanol–water partition coefficient (Wildman–Crippen LogP) is 21.1. The summed E-state index contributed by atoms with van der Waals surface area (Å²) in [7, 11) is 0. The molecule has 2 aliphatic heterocycles. The Labute approximate surface area is 534 Å². The van der Waals surface area contributed by atoms with E-state index in [-0.39, 0.29) is 17.5 Å². The van der Waals surface area contributed by atoms with Crippen LogP contribution in [0.4, 0.5) is 34.1 Å². The zero-order valence-electron chi connectivity index (χ0n) is 52.2. The highest BCUT2D eigenvalue weighted by molar-refractivity contribution is 7.00. The summed E-state index contributed by atoms with van der Waals surface area (Å²) < 4.78 is 0. The first kappa shape index (κ1) is 55.4. The minimum Gasteiger partial charge on any atom is -0.311 e. The molecule has 16 rings (SSSR count). The van der Waals surface area contributed by atoms with Crippen molar-refractivity contribution < 1.29 is 0 Å². The van der Waals surface area contributed by atoms with Crippen LogP contribution in [0.1, 0.15) is 52.7 Å². The van der Waals surface area contributed by atoms with Crippen LogP contribution in [0, 0.1) is 0 Å². The zero-order valence-corrected chi connectivity index (χ0v) is 52.2. The lowest BCUT2D eigenvalue weighted by molar-refractivity contribution is 0.590. The molecule has 0 fully saturated rings. The number of benzene rings is 13. The molecule has 0 saturated heterocycles. The molecule has 14 aromatic rings. The smallest absolute Gasteiger partial charge is 0.252 e. The molecule has 0 spiro atoms. The van der Waals surface area contributed by atoms with E-state index in [4.69, 9.17) is 9.97 Å². The van der Waals surface area contributed by atoms with Gasteiger partial charge in [0.05, 0.1) is 11.4 Å². The zero-order chi connectivity index (χ0) is 61.5. The molecule has 13 aromatic carbocycles. The molecule has 4 nitrogen and oxygen atoms in total. The van der Waals surface area contributed by atoms with Crippen molar-refractivity contribution in [3.63, 3.8) is 0 Å². The van der Waals surface area contributed by atoms with Crippen LogP contribution >= 0.6 is 0 Å². The molecule has 0 amide bonds. The highest BCUT2D eigenvalue weighted by Crippen LogP contribution is 2.49. The highest BCUT2D eigenvalue weighted by Gasteiger charge is 2.44. The number of hydrogen-bond donors (Lipinski definition) is 0. The van der Waals surface area contributed by atoms with Gasteiger partial charge in [-0.1, -0.05) is 248 Å². The number of hydrogen-bond acceptors (Lipinski definition) is 4. The van der Waals surface area contributed by atoms with E-state index in [0.717, 1.165) is 107 Å². The number of rotatable bonds is 9. The van der Waals surface area contributed by atoms with Gasteiger partial charge in [-0.05, 0) is 195 Å².